The van der Waals surface area contributed by atoms with Crippen molar-refractivity contribution in [3.05, 3.63) is 40.2 Å². The number of anilines is 1. The van der Waals surface area contributed by atoms with Crippen LogP contribution in [0.1, 0.15) is 5.56 Å². The molecule has 3 N–H and O–H groups in total. The van der Waals surface area contributed by atoms with Gasteiger partial charge in [-0.25, -0.2) is 0 Å². The van der Waals surface area contributed by atoms with E-state index in [1.807, 2.05) is 25.1 Å². The molecule has 3 heteroatoms. The predicted octanol–water partition coefficient (Wildman–Crippen LogP) is 1.42. The molecule has 0 saturated carbocycles. The maximum Gasteiger partial charge on any atom is 0.248 e. The van der Waals surface area contributed by atoms with E-state index in [2.05, 4.69) is 4.98 Å². The van der Waals surface area contributed by atoms with Crippen LogP contribution in [0.25, 0.3) is 10.9 Å². The molecule has 0 atom stereocenters. The van der Waals surface area contributed by atoms with E-state index in [0.29, 0.717) is 5.69 Å². The molecule has 0 bridgehead atoms. The van der Waals surface area contributed by atoms with Crippen LogP contribution in [0.5, 0.6) is 0 Å². The van der Waals surface area contributed by atoms with E-state index in [-0.39, 0.29) is 5.56 Å². The van der Waals surface area contributed by atoms with Gasteiger partial charge < -0.3 is 10.7 Å². The summed E-state index contributed by atoms with van der Waals surface area (Å²) in [6.45, 7) is 1.88. The molecule has 1 aromatic carbocycles. The minimum absolute atomic E-state index is 0.0874. The van der Waals surface area contributed by atoms with E-state index in [1.54, 1.807) is 6.07 Å². The molecule has 13 heavy (non-hydrogen) atoms. The molecule has 1 heterocycles. The fourth-order valence-corrected chi connectivity index (χ4v) is 1.55. The summed E-state index contributed by atoms with van der Waals surface area (Å²) in [5, 5.41) is 0.933. The van der Waals surface area contributed by atoms with Gasteiger partial charge in [0.2, 0.25) is 5.56 Å². The number of nitrogen functional groups attached to an aromatic ring is 1. The van der Waals surface area contributed by atoms with Gasteiger partial charge in [0.15, 0.2) is 0 Å². The molecule has 0 spiro atoms. The van der Waals surface area contributed by atoms with Gasteiger partial charge in [-0.05, 0) is 24.6 Å². The van der Waals surface area contributed by atoms with Crippen LogP contribution in [0.4, 0.5) is 5.69 Å². The van der Waals surface area contributed by atoms with Crippen molar-refractivity contribution < 1.29 is 0 Å². The third-order valence-electron chi connectivity index (χ3n) is 2.10. The third kappa shape index (κ3) is 1.18. The molecule has 0 saturated heterocycles. The lowest BCUT2D eigenvalue weighted by molar-refractivity contribution is 1.28. The van der Waals surface area contributed by atoms with Crippen molar-refractivity contribution in [3.63, 3.8) is 0 Å². The van der Waals surface area contributed by atoms with Crippen molar-refractivity contribution in [2.24, 2.45) is 0 Å². The van der Waals surface area contributed by atoms with Gasteiger partial charge in [-0.1, -0.05) is 6.07 Å². The van der Waals surface area contributed by atoms with Crippen molar-refractivity contribution in [3.8, 4) is 0 Å². The maximum absolute atomic E-state index is 11.1. The predicted molar refractivity (Wildman–Crippen MR) is 53.7 cm³/mol. The first-order valence-electron chi connectivity index (χ1n) is 4.06. The second-order valence-corrected chi connectivity index (χ2v) is 3.09. The quantitative estimate of drug-likeness (QED) is 0.593. The van der Waals surface area contributed by atoms with Gasteiger partial charge >= 0.3 is 0 Å². The molecule has 2 aromatic rings. The first-order chi connectivity index (χ1) is 6.18. The summed E-state index contributed by atoms with van der Waals surface area (Å²) < 4.78 is 0. The summed E-state index contributed by atoms with van der Waals surface area (Å²) in [7, 11) is 0. The number of pyridine rings is 1. The normalized spacial score (nSPS) is 10.5. The fraction of sp³-hybridized carbons (Fsp3) is 0.100. The summed E-state index contributed by atoms with van der Waals surface area (Å²) in [6, 6.07) is 7.06. The summed E-state index contributed by atoms with van der Waals surface area (Å²) >= 11 is 0. The van der Waals surface area contributed by atoms with Crippen LogP contribution < -0.4 is 11.3 Å². The third-order valence-corrected chi connectivity index (χ3v) is 2.10. The highest BCUT2D eigenvalue weighted by molar-refractivity contribution is 5.92. The monoisotopic (exact) mass is 174 g/mol. The van der Waals surface area contributed by atoms with Gasteiger partial charge in [-0.2, -0.15) is 0 Å². The van der Waals surface area contributed by atoms with Crippen LogP contribution in [-0.4, -0.2) is 4.98 Å². The number of aromatic nitrogens is 1. The van der Waals surface area contributed by atoms with E-state index in [9.17, 15) is 4.79 Å². The Kier molecular flexibility index (Phi) is 1.59. The van der Waals surface area contributed by atoms with Crippen molar-refractivity contribution in [1.29, 1.82) is 0 Å². The lowest BCUT2D eigenvalue weighted by Crippen LogP contribution is -2.05. The second-order valence-electron chi connectivity index (χ2n) is 3.09. The average molecular weight is 174 g/mol. The highest BCUT2D eigenvalue weighted by Crippen LogP contribution is 2.20. The van der Waals surface area contributed by atoms with Crippen molar-refractivity contribution in [2.75, 3.05) is 5.73 Å². The number of nitrogens with one attached hydrogen (secondary N) is 1. The molecule has 0 amide bonds. The van der Waals surface area contributed by atoms with Crippen LogP contribution >= 0.6 is 0 Å². The van der Waals surface area contributed by atoms with E-state index < -0.39 is 0 Å². The average Bonchev–Trinajstić information content (AvgIpc) is 2.02. The number of fused-ring (bicyclic) bond motifs is 1. The zero-order chi connectivity index (χ0) is 9.42. The van der Waals surface area contributed by atoms with Gasteiger partial charge in [0, 0.05) is 17.1 Å². The molecule has 1 aromatic heterocycles. The Morgan fingerprint density at radius 1 is 1.38 bits per heavy atom. The number of H-pyrrole nitrogens is 1. The highest BCUT2D eigenvalue weighted by Gasteiger charge is 2.01. The molecular weight excluding hydrogens is 164 g/mol. The minimum atomic E-state index is -0.0874. The van der Waals surface area contributed by atoms with E-state index in [1.165, 1.54) is 0 Å². The number of nitrogens with two attached hydrogens (primary N) is 1. The molecule has 0 aliphatic heterocycles. The van der Waals surface area contributed by atoms with Crippen LogP contribution in [-0.2, 0) is 0 Å². The van der Waals surface area contributed by atoms with E-state index in [4.69, 9.17) is 5.73 Å². The first kappa shape index (κ1) is 7.86. The van der Waals surface area contributed by atoms with Crippen molar-refractivity contribution in [2.45, 2.75) is 6.92 Å². The van der Waals surface area contributed by atoms with Crippen molar-refractivity contribution >= 4 is 16.6 Å². The Bertz CT molecular complexity index is 514. The standard InChI is InChI=1S/C10H10N2O/c1-6-5-9(13)12-8-4-2-3-7(11)10(6)8/h2-5H,11H2,1H3,(H,12,13). The molecule has 0 aliphatic rings. The van der Waals surface area contributed by atoms with E-state index in [0.717, 1.165) is 16.5 Å². The summed E-state index contributed by atoms with van der Waals surface area (Å²) in [6.07, 6.45) is 0. The molecule has 2 rings (SSSR count). The first-order valence-corrected chi connectivity index (χ1v) is 4.06. The Morgan fingerprint density at radius 2 is 2.15 bits per heavy atom. The Labute approximate surface area is 75.2 Å². The van der Waals surface area contributed by atoms with Crippen molar-refractivity contribution in [1.82, 2.24) is 4.98 Å². The topological polar surface area (TPSA) is 58.9 Å². The number of rotatable bonds is 0. The lowest BCUT2D eigenvalue weighted by atomic mass is 10.1. The van der Waals surface area contributed by atoms with Gasteiger partial charge in [-0.3, -0.25) is 4.79 Å². The minimum Gasteiger partial charge on any atom is -0.398 e. The Balaban J connectivity index is 3.03. The molecule has 66 valence electrons. The van der Waals surface area contributed by atoms with Crippen LogP contribution in [0.2, 0.25) is 0 Å². The number of hydrogen-bond acceptors (Lipinski definition) is 2. The second kappa shape index (κ2) is 2.62. The number of benzene rings is 1. The molecule has 0 aliphatic carbocycles. The summed E-state index contributed by atoms with van der Waals surface area (Å²) in [5.41, 5.74) is 8.11. The van der Waals surface area contributed by atoms with Gasteiger partial charge in [0.1, 0.15) is 0 Å². The summed E-state index contributed by atoms with van der Waals surface area (Å²) in [4.78, 5) is 13.9. The largest absolute Gasteiger partial charge is 0.398 e. The zero-order valence-electron chi connectivity index (χ0n) is 7.29. The molecule has 0 unspecified atom stereocenters. The fourth-order valence-electron chi connectivity index (χ4n) is 1.55. The van der Waals surface area contributed by atoms with Gasteiger partial charge in [0.05, 0.1) is 5.52 Å². The summed E-state index contributed by atoms with van der Waals surface area (Å²) in [5.74, 6) is 0. The Hall–Kier alpha value is -1.77. The van der Waals surface area contributed by atoms with Gasteiger partial charge in [0.25, 0.3) is 0 Å². The Morgan fingerprint density at radius 3 is 2.92 bits per heavy atom. The number of aryl methyl sites for hydroxylation is 1. The molecular formula is C10H10N2O. The lowest BCUT2D eigenvalue weighted by Gasteiger charge is -2.03. The van der Waals surface area contributed by atoms with E-state index >= 15 is 0 Å². The maximum atomic E-state index is 11.1. The smallest absolute Gasteiger partial charge is 0.248 e. The number of aromatic amines is 1. The highest BCUT2D eigenvalue weighted by atomic mass is 16.1. The van der Waals surface area contributed by atoms with Gasteiger partial charge in [-0.15, -0.1) is 0 Å². The van der Waals surface area contributed by atoms with Crippen LogP contribution in [0.3, 0.4) is 0 Å². The van der Waals surface area contributed by atoms with Crippen LogP contribution in [0, 0.1) is 6.92 Å². The zero-order valence-corrected chi connectivity index (χ0v) is 7.29. The van der Waals surface area contributed by atoms with Crippen LogP contribution in [0.15, 0.2) is 29.1 Å². The SMILES string of the molecule is Cc1cc(=O)[nH]c2cccc(N)c12. The molecule has 3 nitrogen and oxygen atoms in total. The molecule has 0 radical (unpaired) electrons. The number of hydrogen-bond donors (Lipinski definition) is 2. The molecule has 0 fully saturated rings.